The number of hydrogen-bond acceptors (Lipinski definition) is 5. The van der Waals surface area contributed by atoms with Crippen LogP contribution in [0.5, 0.6) is 0 Å². The van der Waals surface area contributed by atoms with Gasteiger partial charge in [-0.05, 0) is 42.3 Å². The van der Waals surface area contributed by atoms with Crippen molar-refractivity contribution in [1.29, 1.82) is 0 Å². The lowest BCUT2D eigenvalue weighted by atomic mass is 10.1. The molecule has 0 bridgehead atoms. The molecule has 168 valence electrons. The number of fused-ring (bicyclic) bond motifs is 1. The molecule has 32 heavy (non-hydrogen) atoms. The Hall–Kier alpha value is -3.35. The number of anilines is 2. The van der Waals surface area contributed by atoms with E-state index in [0.717, 1.165) is 16.7 Å². The minimum Gasteiger partial charge on any atom is -0.378 e. The summed E-state index contributed by atoms with van der Waals surface area (Å²) >= 11 is 0. The van der Waals surface area contributed by atoms with Gasteiger partial charge in [-0.25, -0.2) is 4.98 Å². The van der Waals surface area contributed by atoms with Gasteiger partial charge in [0.2, 0.25) is 0 Å². The molecule has 2 aromatic carbocycles. The molecule has 0 saturated carbocycles. The van der Waals surface area contributed by atoms with Crippen LogP contribution in [-0.2, 0) is 6.54 Å². The zero-order valence-electron chi connectivity index (χ0n) is 19.3. The zero-order chi connectivity index (χ0) is 22.8. The van der Waals surface area contributed by atoms with Gasteiger partial charge < -0.3 is 19.3 Å². The van der Waals surface area contributed by atoms with Gasteiger partial charge in [0, 0.05) is 58.1 Å². The third-order valence-corrected chi connectivity index (χ3v) is 5.88. The second kappa shape index (κ2) is 9.02. The lowest BCUT2D eigenvalue weighted by molar-refractivity contribution is 0.0746. The minimum atomic E-state index is -0.0588. The predicted octanol–water partition coefficient (Wildman–Crippen LogP) is 3.08. The van der Waals surface area contributed by atoms with Crippen LogP contribution in [-0.4, -0.2) is 60.6 Å². The van der Waals surface area contributed by atoms with Crippen LogP contribution in [0.2, 0.25) is 0 Å². The number of carbonyl (C=O) groups excluding carboxylic acids is 1. The van der Waals surface area contributed by atoms with Crippen LogP contribution >= 0.6 is 0 Å². The molecule has 0 aliphatic carbocycles. The van der Waals surface area contributed by atoms with Gasteiger partial charge in [-0.3, -0.25) is 9.59 Å². The summed E-state index contributed by atoms with van der Waals surface area (Å²) in [5.74, 6) is 0.852. The second-order valence-corrected chi connectivity index (χ2v) is 8.95. The monoisotopic (exact) mass is 433 g/mol. The topological polar surface area (TPSA) is 61.7 Å². The molecule has 1 aromatic heterocycles. The SMILES string of the molecule is CC(C)Cn1c(=O)c(N2CCN(C(=O)c3ccc(N(C)C)cc3)CC2)nc2ccccc21. The van der Waals surface area contributed by atoms with E-state index in [-0.39, 0.29) is 11.5 Å². The molecule has 0 radical (unpaired) electrons. The lowest BCUT2D eigenvalue weighted by Gasteiger charge is -2.35. The van der Waals surface area contributed by atoms with Crippen molar-refractivity contribution in [2.24, 2.45) is 5.92 Å². The maximum absolute atomic E-state index is 13.3. The van der Waals surface area contributed by atoms with Crippen molar-refractivity contribution in [3.63, 3.8) is 0 Å². The number of amides is 1. The Morgan fingerprint density at radius 2 is 1.66 bits per heavy atom. The number of para-hydroxylation sites is 2. The summed E-state index contributed by atoms with van der Waals surface area (Å²) in [6.45, 7) is 7.16. The van der Waals surface area contributed by atoms with Gasteiger partial charge in [-0.2, -0.15) is 0 Å². The summed E-state index contributed by atoms with van der Waals surface area (Å²) in [5, 5.41) is 0. The largest absolute Gasteiger partial charge is 0.378 e. The van der Waals surface area contributed by atoms with Crippen LogP contribution in [0.15, 0.2) is 53.3 Å². The fourth-order valence-corrected chi connectivity index (χ4v) is 4.14. The first-order valence-corrected chi connectivity index (χ1v) is 11.2. The second-order valence-electron chi connectivity index (χ2n) is 8.95. The molecule has 1 saturated heterocycles. The van der Waals surface area contributed by atoms with Crippen LogP contribution in [0.25, 0.3) is 11.0 Å². The summed E-state index contributed by atoms with van der Waals surface area (Å²) in [5.41, 5.74) is 3.38. The number of benzene rings is 2. The van der Waals surface area contributed by atoms with Gasteiger partial charge in [0.25, 0.3) is 11.5 Å². The fourth-order valence-electron chi connectivity index (χ4n) is 4.14. The van der Waals surface area contributed by atoms with Crippen LogP contribution in [0.1, 0.15) is 24.2 Å². The van der Waals surface area contributed by atoms with Crippen molar-refractivity contribution in [2.45, 2.75) is 20.4 Å². The number of aromatic nitrogens is 2. The van der Waals surface area contributed by atoms with Crippen LogP contribution < -0.4 is 15.4 Å². The van der Waals surface area contributed by atoms with Crippen LogP contribution in [0, 0.1) is 5.92 Å². The Bertz CT molecular complexity index is 1160. The van der Waals surface area contributed by atoms with Crippen LogP contribution in [0.4, 0.5) is 11.5 Å². The summed E-state index contributed by atoms with van der Waals surface area (Å²) in [6.07, 6.45) is 0. The third-order valence-electron chi connectivity index (χ3n) is 5.88. The molecular formula is C25H31N5O2. The van der Waals surface area contributed by atoms with Crippen molar-refractivity contribution < 1.29 is 4.79 Å². The molecule has 1 amide bonds. The van der Waals surface area contributed by atoms with Crippen molar-refractivity contribution >= 4 is 28.4 Å². The van der Waals surface area contributed by atoms with Gasteiger partial charge in [0.1, 0.15) is 0 Å². The minimum absolute atomic E-state index is 0.0265. The van der Waals surface area contributed by atoms with Gasteiger partial charge >= 0.3 is 0 Å². The Morgan fingerprint density at radius 1 is 1.00 bits per heavy atom. The average molecular weight is 434 g/mol. The molecule has 7 nitrogen and oxygen atoms in total. The van der Waals surface area contributed by atoms with E-state index in [1.165, 1.54) is 0 Å². The lowest BCUT2D eigenvalue weighted by Crippen LogP contribution is -2.50. The molecule has 7 heteroatoms. The molecule has 0 spiro atoms. The molecular weight excluding hydrogens is 402 g/mol. The Balaban J connectivity index is 1.53. The van der Waals surface area contributed by atoms with E-state index in [1.807, 2.05) is 81.9 Å². The zero-order valence-corrected chi connectivity index (χ0v) is 19.3. The average Bonchev–Trinajstić information content (AvgIpc) is 2.80. The quantitative estimate of drug-likeness (QED) is 0.619. The maximum Gasteiger partial charge on any atom is 0.294 e. The summed E-state index contributed by atoms with van der Waals surface area (Å²) in [7, 11) is 3.96. The molecule has 0 unspecified atom stereocenters. The number of piperazine rings is 1. The van der Waals surface area contributed by atoms with Crippen molar-refractivity contribution in [2.75, 3.05) is 50.1 Å². The third kappa shape index (κ3) is 4.33. The summed E-state index contributed by atoms with van der Waals surface area (Å²) in [4.78, 5) is 36.9. The molecule has 1 fully saturated rings. The number of carbonyl (C=O) groups is 1. The van der Waals surface area contributed by atoms with Crippen molar-refractivity contribution in [1.82, 2.24) is 14.5 Å². The smallest absolute Gasteiger partial charge is 0.294 e. The predicted molar refractivity (Wildman–Crippen MR) is 130 cm³/mol. The molecule has 0 atom stereocenters. The fraction of sp³-hybridized carbons (Fsp3) is 0.400. The van der Waals surface area contributed by atoms with E-state index in [4.69, 9.17) is 4.98 Å². The Kier molecular flexibility index (Phi) is 6.17. The van der Waals surface area contributed by atoms with Gasteiger partial charge in [0.05, 0.1) is 11.0 Å². The highest BCUT2D eigenvalue weighted by molar-refractivity contribution is 5.94. The highest BCUT2D eigenvalue weighted by atomic mass is 16.2. The van der Waals surface area contributed by atoms with Crippen LogP contribution in [0.3, 0.4) is 0 Å². The van der Waals surface area contributed by atoms with Crippen molar-refractivity contribution in [3.05, 3.63) is 64.4 Å². The van der Waals surface area contributed by atoms with Gasteiger partial charge in [-0.15, -0.1) is 0 Å². The first-order chi connectivity index (χ1) is 15.3. The van der Waals surface area contributed by atoms with Gasteiger partial charge in [0.15, 0.2) is 5.82 Å². The molecule has 2 heterocycles. The number of rotatable bonds is 5. The molecule has 1 aliphatic rings. The molecule has 4 rings (SSSR count). The highest BCUT2D eigenvalue weighted by Gasteiger charge is 2.25. The van der Waals surface area contributed by atoms with Gasteiger partial charge in [-0.1, -0.05) is 26.0 Å². The van der Waals surface area contributed by atoms with E-state index in [1.54, 1.807) is 0 Å². The van der Waals surface area contributed by atoms with E-state index >= 15 is 0 Å². The standard InChI is InChI=1S/C25H31N5O2/c1-18(2)17-30-22-8-6-5-7-21(22)26-23(25(30)32)28-13-15-29(16-14-28)24(31)19-9-11-20(12-10-19)27(3)4/h5-12,18H,13-17H2,1-4H3. The van der Waals surface area contributed by atoms with Crippen molar-refractivity contribution in [3.8, 4) is 0 Å². The van der Waals surface area contributed by atoms with E-state index in [2.05, 4.69) is 13.8 Å². The maximum atomic E-state index is 13.3. The Morgan fingerprint density at radius 3 is 2.28 bits per heavy atom. The first kappa shape index (κ1) is 21.9. The number of hydrogen-bond donors (Lipinski definition) is 0. The Labute approximate surface area is 188 Å². The summed E-state index contributed by atoms with van der Waals surface area (Å²) < 4.78 is 1.84. The first-order valence-electron chi connectivity index (χ1n) is 11.2. The normalized spacial score (nSPS) is 14.3. The summed E-state index contributed by atoms with van der Waals surface area (Å²) in [6, 6.07) is 15.5. The van der Waals surface area contributed by atoms with E-state index in [9.17, 15) is 9.59 Å². The molecule has 0 N–H and O–H groups in total. The van der Waals surface area contributed by atoms with E-state index in [0.29, 0.717) is 50.0 Å². The number of nitrogens with zero attached hydrogens (tertiary/aromatic N) is 5. The highest BCUT2D eigenvalue weighted by Crippen LogP contribution is 2.19. The molecule has 3 aromatic rings. The molecule has 1 aliphatic heterocycles. The van der Waals surface area contributed by atoms with E-state index < -0.39 is 0 Å².